The topological polar surface area (TPSA) is 66.4 Å². The molecule has 2 unspecified atom stereocenters. The second-order valence-electron chi connectivity index (χ2n) is 6.13. The Morgan fingerprint density at radius 1 is 1.12 bits per heavy atom. The van der Waals surface area contributed by atoms with E-state index < -0.39 is 29.4 Å². The van der Waals surface area contributed by atoms with E-state index in [2.05, 4.69) is 5.32 Å². The lowest BCUT2D eigenvalue weighted by atomic mass is 10.1. The summed E-state index contributed by atoms with van der Waals surface area (Å²) in [6.07, 6.45) is 0.913. The van der Waals surface area contributed by atoms with E-state index in [1.165, 1.54) is 24.3 Å². The number of halogens is 2. The van der Waals surface area contributed by atoms with Crippen LogP contribution in [0.3, 0.4) is 0 Å². The average Bonchev–Trinajstić information content (AvgIpc) is 3.35. The number of hydrogen-bond donors (Lipinski definition) is 2. The van der Waals surface area contributed by atoms with E-state index in [1.54, 1.807) is 18.2 Å². The highest BCUT2D eigenvalue weighted by atomic mass is 19.1. The molecular weight excluding hydrogens is 328 g/mol. The van der Waals surface area contributed by atoms with E-state index in [1.807, 2.05) is 0 Å². The number of hydrogen-bond acceptors (Lipinski definition) is 2. The molecule has 25 heavy (non-hydrogen) atoms. The molecule has 2 atom stereocenters. The Morgan fingerprint density at radius 3 is 2.48 bits per heavy atom. The van der Waals surface area contributed by atoms with Gasteiger partial charge in [-0.05, 0) is 42.7 Å². The standard InChI is InChI=1S/C19H17F2NO3/c20-15-5-2-6-16(21)17(15)13-10-14(13)18(23)22-8-7-11-3-1-4-12(9-11)19(24)25/h1-6,9,13-14H,7-8,10H2,(H,22,23)(H,24,25). The molecule has 0 bridgehead atoms. The molecule has 3 rings (SSSR count). The number of benzene rings is 2. The SMILES string of the molecule is O=C(O)c1cccc(CCNC(=O)C2CC2c2c(F)cccc2F)c1. The lowest BCUT2D eigenvalue weighted by molar-refractivity contribution is -0.122. The summed E-state index contributed by atoms with van der Waals surface area (Å²) in [6.45, 7) is 0.338. The largest absolute Gasteiger partial charge is 0.478 e. The molecule has 0 aromatic heterocycles. The van der Waals surface area contributed by atoms with Crippen LogP contribution in [0.15, 0.2) is 42.5 Å². The molecule has 1 aliphatic rings. The van der Waals surface area contributed by atoms with Crippen LogP contribution in [0, 0.1) is 17.6 Å². The van der Waals surface area contributed by atoms with Gasteiger partial charge in [0, 0.05) is 23.9 Å². The van der Waals surface area contributed by atoms with E-state index in [9.17, 15) is 18.4 Å². The number of carboxylic acid groups (broad SMARTS) is 1. The van der Waals surface area contributed by atoms with Gasteiger partial charge >= 0.3 is 5.97 Å². The maximum Gasteiger partial charge on any atom is 0.335 e. The molecule has 1 saturated carbocycles. The molecule has 1 aliphatic carbocycles. The highest BCUT2D eigenvalue weighted by Crippen LogP contribution is 2.49. The Balaban J connectivity index is 1.53. The van der Waals surface area contributed by atoms with E-state index in [4.69, 9.17) is 5.11 Å². The zero-order valence-electron chi connectivity index (χ0n) is 13.3. The minimum Gasteiger partial charge on any atom is -0.478 e. The first kappa shape index (κ1) is 17.1. The third-order valence-corrected chi connectivity index (χ3v) is 4.38. The van der Waals surface area contributed by atoms with Gasteiger partial charge in [0.25, 0.3) is 0 Å². The number of carbonyl (C=O) groups excluding carboxylic acids is 1. The highest BCUT2D eigenvalue weighted by Gasteiger charge is 2.46. The van der Waals surface area contributed by atoms with Crippen LogP contribution < -0.4 is 5.32 Å². The highest BCUT2D eigenvalue weighted by molar-refractivity contribution is 5.87. The van der Waals surface area contributed by atoms with Gasteiger partial charge in [0.1, 0.15) is 11.6 Å². The minimum absolute atomic E-state index is 0.0168. The van der Waals surface area contributed by atoms with E-state index in [-0.39, 0.29) is 17.0 Å². The van der Waals surface area contributed by atoms with Gasteiger partial charge in [0.15, 0.2) is 0 Å². The lowest BCUT2D eigenvalue weighted by Crippen LogP contribution is -2.27. The Hall–Kier alpha value is -2.76. The molecule has 6 heteroatoms. The first-order valence-corrected chi connectivity index (χ1v) is 8.01. The van der Waals surface area contributed by atoms with Gasteiger partial charge in [-0.15, -0.1) is 0 Å². The van der Waals surface area contributed by atoms with Gasteiger partial charge in [0.05, 0.1) is 5.56 Å². The normalized spacial score (nSPS) is 18.6. The van der Waals surface area contributed by atoms with Crippen molar-refractivity contribution in [1.82, 2.24) is 5.32 Å². The zero-order chi connectivity index (χ0) is 18.0. The van der Waals surface area contributed by atoms with Gasteiger partial charge in [-0.1, -0.05) is 18.2 Å². The van der Waals surface area contributed by atoms with Crippen molar-refractivity contribution in [3.63, 3.8) is 0 Å². The smallest absolute Gasteiger partial charge is 0.335 e. The number of carbonyl (C=O) groups is 2. The quantitative estimate of drug-likeness (QED) is 0.845. The van der Waals surface area contributed by atoms with Crippen LogP contribution in [0.25, 0.3) is 0 Å². The predicted molar refractivity (Wildman–Crippen MR) is 87.3 cm³/mol. The van der Waals surface area contributed by atoms with Crippen LogP contribution in [0.4, 0.5) is 8.78 Å². The van der Waals surface area contributed by atoms with Crippen LogP contribution in [-0.2, 0) is 11.2 Å². The van der Waals surface area contributed by atoms with Crippen LogP contribution in [0.1, 0.15) is 33.8 Å². The zero-order valence-corrected chi connectivity index (χ0v) is 13.3. The van der Waals surface area contributed by atoms with Gasteiger partial charge < -0.3 is 10.4 Å². The Bertz CT molecular complexity index is 802. The molecule has 1 amide bonds. The van der Waals surface area contributed by atoms with Gasteiger partial charge in [-0.3, -0.25) is 4.79 Å². The van der Waals surface area contributed by atoms with E-state index in [0.29, 0.717) is 19.4 Å². The van der Waals surface area contributed by atoms with Crippen molar-refractivity contribution >= 4 is 11.9 Å². The molecule has 130 valence electrons. The first-order valence-electron chi connectivity index (χ1n) is 8.01. The summed E-state index contributed by atoms with van der Waals surface area (Å²) in [5.74, 6) is -3.31. The fraction of sp³-hybridized carbons (Fsp3) is 0.263. The number of nitrogens with one attached hydrogen (secondary N) is 1. The van der Waals surface area contributed by atoms with E-state index >= 15 is 0 Å². The van der Waals surface area contributed by atoms with Crippen molar-refractivity contribution in [2.45, 2.75) is 18.8 Å². The molecule has 1 fully saturated rings. The third-order valence-electron chi connectivity index (χ3n) is 4.38. The maximum atomic E-state index is 13.7. The summed E-state index contributed by atoms with van der Waals surface area (Å²) < 4.78 is 27.5. The number of amides is 1. The van der Waals surface area contributed by atoms with Crippen LogP contribution in [-0.4, -0.2) is 23.5 Å². The minimum atomic E-state index is -1.00. The van der Waals surface area contributed by atoms with Crippen LogP contribution in [0.5, 0.6) is 0 Å². The fourth-order valence-electron chi connectivity index (χ4n) is 2.99. The predicted octanol–water partition coefficient (Wildman–Crippen LogP) is 3.13. The summed E-state index contributed by atoms with van der Waals surface area (Å²) in [5.41, 5.74) is 0.977. The van der Waals surface area contributed by atoms with Crippen molar-refractivity contribution in [2.75, 3.05) is 6.54 Å². The molecule has 0 radical (unpaired) electrons. The van der Waals surface area contributed by atoms with Crippen LogP contribution in [0.2, 0.25) is 0 Å². The fourth-order valence-corrected chi connectivity index (χ4v) is 2.99. The summed E-state index contributed by atoms with van der Waals surface area (Å²) in [6, 6.07) is 10.2. The van der Waals surface area contributed by atoms with Crippen molar-refractivity contribution in [1.29, 1.82) is 0 Å². The third kappa shape index (κ3) is 3.84. The molecule has 2 N–H and O–H groups in total. The van der Waals surface area contributed by atoms with Crippen molar-refractivity contribution in [3.8, 4) is 0 Å². The second kappa shape index (κ2) is 7.01. The molecule has 4 nitrogen and oxygen atoms in total. The molecule has 2 aromatic carbocycles. The molecular formula is C19H17F2NO3. The number of rotatable bonds is 6. The molecule has 0 saturated heterocycles. The van der Waals surface area contributed by atoms with Gasteiger partial charge in [0.2, 0.25) is 5.91 Å². The summed E-state index contributed by atoms with van der Waals surface area (Å²) in [7, 11) is 0. The van der Waals surface area contributed by atoms with Crippen LogP contribution >= 0.6 is 0 Å². The van der Waals surface area contributed by atoms with Crippen molar-refractivity contribution in [3.05, 3.63) is 70.8 Å². The Morgan fingerprint density at radius 2 is 1.80 bits per heavy atom. The monoisotopic (exact) mass is 345 g/mol. The van der Waals surface area contributed by atoms with Gasteiger partial charge in [-0.25, -0.2) is 13.6 Å². The first-order chi connectivity index (χ1) is 12.0. The van der Waals surface area contributed by atoms with Crippen molar-refractivity contribution in [2.24, 2.45) is 5.92 Å². The Labute approximate surface area is 143 Å². The maximum absolute atomic E-state index is 13.7. The Kier molecular flexibility index (Phi) is 4.79. The molecule has 0 spiro atoms. The second-order valence-corrected chi connectivity index (χ2v) is 6.13. The molecule has 2 aromatic rings. The van der Waals surface area contributed by atoms with E-state index in [0.717, 1.165) is 5.56 Å². The molecule has 0 aliphatic heterocycles. The average molecular weight is 345 g/mol. The summed E-state index contributed by atoms with van der Waals surface area (Å²) >= 11 is 0. The number of aromatic carboxylic acids is 1. The number of carboxylic acids is 1. The van der Waals surface area contributed by atoms with Gasteiger partial charge in [-0.2, -0.15) is 0 Å². The summed E-state index contributed by atoms with van der Waals surface area (Å²) in [5, 5.41) is 11.7. The summed E-state index contributed by atoms with van der Waals surface area (Å²) in [4.78, 5) is 23.1. The van der Waals surface area contributed by atoms with Crippen molar-refractivity contribution < 1.29 is 23.5 Å². The molecule has 0 heterocycles. The lowest BCUT2D eigenvalue weighted by Gasteiger charge is -2.07.